The molecule has 0 saturated heterocycles. The quantitative estimate of drug-likeness (QED) is 0.730. The minimum atomic E-state index is -0.408. The van der Waals surface area contributed by atoms with E-state index in [0.29, 0.717) is 23.4 Å². The number of carbonyl (C=O) groups excluding carboxylic acids is 2. The van der Waals surface area contributed by atoms with Gasteiger partial charge in [0.05, 0.1) is 11.8 Å². The molecule has 26 heavy (non-hydrogen) atoms. The van der Waals surface area contributed by atoms with Gasteiger partial charge in [-0.15, -0.1) is 5.10 Å². The number of aldehydes is 1. The molecule has 1 aliphatic rings. The first-order valence-corrected chi connectivity index (χ1v) is 8.18. The molecule has 3 heterocycles. The summed E-state index contributed by atoms with van der Waals surface area (Å²) in [5, 5.41) is 11.2. The van der Waals surface area contributed by atoms with Crippen molar-refractivity contribution in [3.05, 3.63) is 59.8 Å². The molecule has 0 aromatic carbocycles. The maximum atomic E-state index is 12.5. The fourth-order valence-electron chi connectivity index (χ4n) is 2.87. The molecule has 3 aromatic rings. The van der Waals surface area contributed by atoms with Crippen molar-refractivity contribution in [2.24, 2.45) is 7.05 Å². The normalized spacial score (nSPS) is 13.7. The lowest BCUT2D eigenvalue weighted by atomic mass is 10.1. The third-order valence-electron chi connectivity index (χ3n) is 4.16. The summed E-state index contributed by atoms with van der Waals surface area (Å²) in [5.41, 5.74) is 2.63. The summed E-state index contributed by atoms with van der Waals surface area (Å²) in [7, 11) is 1.61. The molecular weight excluding hydrogens is 332 g/mol. The average molecular weight is 348 g/mol. The van der Waals surface area contributed by atoms with E-state index in [1.54, 1.807) is 29.9 Å². The topological polar surface area (TPSA) is 94.2 Å². The molecule has 0 radical (unpaired) electrons. The second kappa shape index (κ2) is 6.40. The van der Waals surface area contributed by atoms with Crippen molar-refractivity contribution in [2.45, 2.75) is 12.8 Å². The third kappa shape index (κ3) is 2.81. The van der Waals surface area contributed by atoms with Gasteiger partial charge < -0.3 is 5.32 Å². The van der Waals surface area contributed by atoms with Crippen LogP contribution >= 0.6 is 0 Å². The molecule has 0 spiro atoms. The predicted molar refractivity (Wildman–Crippen MR) is 95.9 cm³/mol. The highest BCUT2D eigenvalue weighted by Gasteiger charge is 2.17. The standard InChI is InChI=1S/C18H16N6O2/c1-23-16(13(11-25)10-19-23)18(26)20-14-7-8-24-15(9-14)21-17(22-24)12-5-3-2-4-6-12/h3,5-11H,2,4H2,1H3,(H,20,26). The van der Waals surface area contributed by atoms with Gasteiger partial charge in [-0.25, -0.2) is 9.50 Å². The Kier molecular flexibility index (Phi) is 3.92. The summed E-state index contributed by atoms with van der Waals surface area (Å²) < 4.78 is 3.03. The maximum absolute atomic E-state index is 12.5. The van der Waals surface area contributed by atoms with Crippen LogP contribution in [-0.4, -0.2) is 36.6 Å². The van der Waals surface area contributed by atoms with Crippen LogP contribution in [0.15, 0.2) is 42.8 Å². The van der Waals surface area contributed by atoms with Gasteiger partial charge in [0, 0.05) is 30.6 Å². The zero-order chi connectivity index (χ0) is 18.1. The molecule has 3 aromatic heterocycles. The molecule has 1 N–H and O–H groups in total. The van der Waals surface area contributed by atoms with Crippen molar-refractivity contribution in [3.63, 3.8) is 0 Å². The largest absolute Gasteiger partial charge is 0.320 e. The first-order valence-electron chi connectivity index (χ1n) is 8.18. The molecule has 0 fully saturated rings. The van der Waals surface area contributed by atoms with Gasteiger partial charge in [0.2, 0.25) is 0 Å². The summed E-state index contributed by atoms with van der Waals surface area (Å²) >= 11 is 0. The first-order chi connectivity index (χ1) is 12.7. The number of amides is 1. The van der Waals surface area contributed by atoms with E-state index >= 15 is 0 Å². The van der Waals surface area contributed by atoms with Crippen LogP contribution in [0.25, 0.3) is 11.2 Å². The minimum Gasteiger partial charge on any atom is -0.320 e. The lowest BCUT2D eigenvalue weighted by molar-refractivity contribution is 0.101. The van der Waals surface area contributed by atoms with E-state index < -0.39 is 5.91 Å². The molecule has 8 nitrogen and oxygen atoms in total. The lowest BCUT2D eigenvalue weighted by Crippen LogP contribution is -2.18. The Balaban J connectivity index is 1.62. The fourth-order valence-corrected chi connectivity index (χ4v) is 2.87. The van der Waals surface area contributed by atoms with Crippen LogP contribution in [0.5, 0.6) is 0 Å². The number of allylic oxidation sites excluding steroid dienone is 4. The Morgan fingerprint density at radius 2 is 2.23 bits per heavy atom. The van der Waals surface area contributed by atoms with Crippen LogP contribution in [0.1, 0.15) is 39.5 Å². The third-order valence-corrected chi connectivity index (χ3v) is 4.16. The highest BCUT2D eigenvalue weighted by molar-refractivity contribution is 6.07. The van der Waals surface area contributed by atoms with Crippen molar-refractivity contribution in [3.8, 4) is 0 Å². The number of aryl methyl sites for hydroxylation is 1. The van der Waals surface area contributed by atoms with Crippen LogP contribution in [0.3, 0.4) is 0 Å². The molecule has 0 unspecified atom stereocenters. The Labute approximate surface area is 148 Å². The van der Waals surface area contributed by atoms with Gasteiger partial charge in [-0.1, -0.05) is 18.2 Å². The molecule has 0 atom stereocenters. The van der Waals surface area contributed by atoms with Crippen molar-refractivity contribution < 1.29 is 9.59 Å². The number of anilines is 1. The predicted octanol–water partition coefficient (Wildman–Crippen LogP) is 2.26. The molecule has 0 aliphatic heterocycles. The number of nitrogens with zero attached hydrogens (tertiary/aromatic N) is 5. The number of fused-ring (bicyclic) bond motifs is 1. The number of rotatable bonds is 4. The first kappa shape index (κ1) is 15.9. The van der Waals surface area contributed by atoms with Crippen molar-refractivity contribution in [1.82, 2.24) is 24.4 Å². The van der Waals surface area contributed by atoms with E-state index in [9.17, 15) is 9.59 Å². The van der Waals surface area contributed by atoms with Gasteiger partial charge in [-0.05, 0) is 18.9 Å². The van der Waals surface area contributed by atoms with E-state index in [1.807, 2.05) is 6.08 Å². The summed E-state index contributed by atoms with van der Waals surface area (Å²) in [6, 6.07) is 3.46. The van der Waals surface area contributed by atoms with Gasteiger partial charge >= 0.3 is 0 Å². The summed E-state index contributed by atoms with van der Waals surface area (Å²) in [6.07, 6.45) is 12.0. The number of nitrogens with one attached hydrogen (secondary N) is 1. The smallest absolute Gasteiger partial charge is 0.274 e. The van der Waals surface area contributed by atoms with Gasteiger partial charge in [0.1, 0.15) is 5.69 Å². The molecule has 0 bridgehead atoms. The summed E-state index contributed by atoms with van der Waals surface area (Å²) in [4.78, 5) is 28.1. The number of hydrogen-bond acceptors (Lipinski definition) is 5. The number of pyridine rings is 1. The highest BCUT2D eigenvalue weighted by atomic mass is 16.2. The Hall–Kier alpha value is -3.55. The van der Waals surface area contributed by atoms with Crippen molar-refractivity contribution >= 4 is 29.1 Å². The molecular formula is C18H16N6O2. The molecule has 0 saturated carbocycles. The zero-order valence-electron chi connectivity index (χ0n) is 14.1. The minimum absolute atomic E-state index is 0.208. The van der Waals surface area contributed by atoms with Crippen LogP contribution < -0.4 is 5.32 Å². The van der Waals surface area contributed by atoms with E-state index in [0.717, 1.165) is 18.4 Å². The van der Waals surface area contributed by atoms with Crippen LogP contribution in [0, 0.1) is 0 Å². The van der Waals surface area contributed by atoms with Gasteiger partial charge in [0.15, 0.2) is 17.8 Å². The zero-order valence-corrected chi connectivity index (χ0v) is 14.1. The van der Waals surface area contributed by atoms with Gasteiger partial charge in [-0.2, -0.15) is 5.10 Å². The van der Waals surface area contributed by atoms with Crippen LogP contribution in [0.2, 0.25) is 0 Å². The second-order valence-electron chi connectivity index (χ2n) is 5.94. The molecule has 1 aliphatic carbocycles. The molecule has 130 valence electrons. The molecule has 4 rings (SSSR count). The Morgan fingerprint density at radius 3 is 3.00 bits per heavy atom. The van der Waals surface area contributed by atoms with Gasteiger partial charge in [-0.3, -0.25) is 14.3 Å². The SMILES string of the molecule is Cn1ncc(C=O)c1C(=O)Nc1ccn2nc(C3=CCCC=C3)nc2c1. The van der Waals surface area contributed by atoms with Crippen molar-refractivity contribution in [1.29, 1.82) is 0 Å². The van der Waals surface area contributed by atoms with Crippen LogP contribution in [0.4, 0.5) is 5.69 Å². The van der Waals surface area contributed by atoms with E-state index in [4.69, 9.17) is 0 Å². The second-order valence-corrected chi connectivity index (χ2v) is 5.94. The van der Waals surface area contributed by atoms with E-state index in [-0.39, 0.29) is 11.3 Å². The van der Waals surface area contributed by atoms with Gasteiger partial charge in [0.25, 0.3) is 5.91 Å². The Bertz CT molecular complexity index is 1070. The number of aromatic nitrogens is 5. The van der Waals surface area contributed by atoms with E-state index in [2.05, 4.69) is 32.7 Å². The fraction of sp³-hybridized carbons (Fsp3) is 0.167. The number of hydrogen-bond donors (Lipinski definition) is 1. The van der Waals surface area contributed by atoms with Crippen LogP contribution in [-0.2, 0) is 7.05 Å². The number of carbonyl (C=O) groups is 2. The van der Waals surface area contributed by atoms with Crippen molar-refractivity contribution in [2.75, 3.05) is 5.32 Å². The monoisotopic (exact) mass is 348 g/mol. The molecule has 8 heteroatoms. The van der Waals surface area contributed by atoms with E-state index in [1.165, 1.54) is 10.9 Å². The lowest BCUT2D eigenvalue weighted by Gasteiger charge is -2.06. The average Bonchev–Trinajstić information content (AvgIpc) is 3.25. The summed E-state index contributed by atoms with van der Waals surface area (Å²) in [6.45, 7) is 0. The molecule has 1 amide bonds. The highest BCUT2D eigenvalue weighted by Crippen LogP contribution is 2.20. The summed E-state index contributed by atoms with van der Waals surface area (Å²) in [5.74, 6) is 0.244. The Morgan fingerprint density at radius 1 is 1.35 bits per heavy atom. The maximum Gasteiger partial charge on any atom is 0.274 e.